The molecule has 2 aliphatic rings. The summed E-state index contributed by atoms with van der Waals surface area (Å²) in [5.74, 6) is -0.114. The molecule has 0 spiro atoms. The van der Waals surface area contributed by atoms with Crippen LogP contribution in [-0.4, -0.2) is 36.5 Å². The molecule has 2 unspecified atom stereocenters. The van der Waals surface area contributed by atoms with Crippen LogP contribution in [-0.2, 0) is 11.0 Å². The number of alkyl halides is 3. The van der Waals surface area contributed by atoms with Gasteiger partial charge in [0.25, 0.3) is 0 Å². The molecule has 1 saturated carbocycles. The number of hydrogen-bond donors (Lipinski definition) is 1. The number of nitrogens with one attached hydrogen (secondary N) is 1. The minimum Gasteiger partial charge on any atom is -0.339 e. The van der Waals surface area contributed by atoms with Crippen molar-refractivity contribution in [1.29, 1.82) is 0 Å². The lowest BCUT2D eigenvalue weighted by atomic mass is 10.0. The molecular weight excluding hydrogens is 329 g/mol. The van der Waals surface area contributed by atoms with Gasteiger partial charge in [0.15, 0.2) is 0 Å². The smallest absolute Gasteiger partial charge is 0.339 e. The SMILES string of the molecule is CCCN(C(=O)C1CC1c1cccc(C(F)(F)F)c1)C1CCNCC1. The van der Waals surface area contributed by atoms with Crippen molar-refractivity contribution in [1.82, 2.24) is 10.2 Å². The monoisotopic (exact) mass is 354 g/mol. The zero-order chi connectivity index (χ0) is 18.0. The van der Waals surface area contributed by atoms with Crippen LogP contribution in [0, 0.1) is 5.92 Å². The summed E-state index contributed by atoms with van der Waals surface area (Å²) in [7, 11) is 0. The topological polar surface area (TPSA) is 32.3 Å². The molecule has 0 aromatic heterocycles. The van der Waals surface area contributed by atoms with Gasteiger partial charge in [-0.05, 0) is 56.3 Å². The highest BCUT2D eigenvalue weighted by molar-refractivity contribution is 5.83. The second-order valence-corrected chi connectivity index (χ2v) is 7.08. The molecule has 0 radical (unpaired) electrons. The Morgan fingerprint density at radius 1 is 1.28 bits per heavy atom. The van der Waals surface area contributed by atoms with Crippen LogP contribution >= 0.6 is 0 Å². The Bertz CT molecular complexity index is 611. The van der Waals surface area contributed by atoms with Crippen LogP contribution in [0.15, 0.2) is 24.3 Å². The van der Waals surface area contributed by atoms with Gasteiger partial charge in [0.1, 0.15) is 0 Å². The Morgan fingerprint density at radius 2 is 2.00 bits per heavy atom. The summed E-state index contributed by atoms with van der Waals surface area (Å²) >= 11 is 0. The highest BCUT2D eigenvalue weighted by Gasteiger charge is 2.47. The van der Waals surface area contributed by atoms with E-state index < -0.39 is 11.7 Å². The van der Waals surface area contributed by atoms with Crippen LogP contribution in [0.1, 0.15) is 49.7 Å². The fourth-order valence-corrected chi connectivity index (χ4v) is 3.83. The molecule has 1 N–H and O–H groups in total. The van der Waals surface area contributed by atoms with E-state index in [1.165, 1.54) is 12.1 Å². The fourth-order valence-electron chi connectivity index (χ4n) is 3.83. The van der Waals surface area contributed by atoms with Gasteiger partial charge in [-0.1, -0.05) is 25.1 Å². The van der Waals surface area contributed by atoms with E-state index in [4.69, 9.17) is 0 Å². The van der Waals surface area contributed by atoms with E-state index in [2.05, 4.69) is 12.2 Å². The van der Waals surface area contributed by atoms with Crippen molar-refractivity contribution in [2.75, 3.05) is 19.6 Å². The Morgan fingerprint density at radius 3 is 2.64 bits per heavy atom. The highest BCUT2D eigenvalue weighted by Crippen LogP contribution is 2.49. The third-order valence-electron chi connectivity index (χ3n) is 5.25. The summed E-state index contributed by atoms with van der Waals surface area (Å²) in [6.45, 7) is 4.62. The van der Waals surface area contributed by atoms with E-state index in [0.29, 0.717) is 12.0 Å². The molecule has 1 aromatic carbocycles. The van der Waals surface area contributed by atoms with Crippen molar-refractivity contribution in [3.8, 4) is 0 Å². The first kappa shape index (κ1) is 18.2. The molecule has 1 saturated heterocycles. The quantitative estimate of drug-likeness (QED) is 0.872. The molecule has 1 aliphatic heterocycles. The molecule has 25 heavy (non-hydrogen) atoms. The number of benzene rings is 1. The minimum atomic E-state index is -4.34. The summed E-state index contributed by atoms with van der Waals surface area (Å²) in [5.41, 5.74) is 0.00167. The van der Waals surface area contributed by atoms with Gasteiger partial charge in [0.2, 0.25) is 5.91 Å². The lowest BCUT2D eigenvalue weighted by Gasteiger charge is -2.35. The second-order valence-electron chi connectivity index (χ2n) is 7.08. The summed E-state index contributed by atoms with van der Waals surface area (Å²) in [6.07, 6.45) is -0.880. The first-order valence-corrected chi connectivity index (χ1v) is 9.10. The Kier molecular flexibility index (Phi) is 5.37. The molecule has 1 aromatic rings. The molecule has 3 nitrogen and oxygen atoms in total. The van der Waals surface area contributed by atoms with E-state index in [9.17, 15) is 18.0 Å². The van der Waals surface area contributed by atoms with E-state index in [-0.39, 0.29) is 23.8 Å². The van der Waals surface area contributed by atoms with Crippen molar-refractivity contribution in [2.45, 2.75) is 50.7 Å². The number of nitrogens with zero attached hydrogens (tertiary/aromatic N) is 1. The Labute approximate surface area is 146 Å². The number of carbonyl (C=O) groups is 1. The lowest BCUT2D eigenvalue weighted by molar-refractivity contribution is -0.137. The van der Waals surface area contributed by atoms with Crippen molar-refractivity contribution in [3.05, 3.63) is 35.4 Å². The predicted octanol–water partition coefficient (Wildman–Crippen LogP) is 3.80. The average Bonchev–Trinajstić information content (AvgIpc) is 3.40. The molecule has 0 bridgehead atoms. The van der Waals surface area contributed by atoms with Crippen LogP contribution in [0.2, 0.25) is 0 Å². The number of piperidine rings is 1. The fraction of sp³-hybridized carbons (Fsp3) is 0.632. The van der Waals surface area contributed by atoms with Gasteiger partial charge in [0, 0.05) is 18.5 Å². The number of amides is 1. The van der Waals surface area contributed by atoms with Crippen LogP contribution in [0.5, 0.6) is 0 Å². The van der Waals surface area contributed by atoms with Crippen LogP contribution < -0.4 is 5.32 Å². The zero-order valence-corrected chi connectivity index (χ0v) is 14.5. The first-order chi connectivity index (χ1) is 11.9. The zero-order valence-electron chi connectivity index (χ0n) is 14.5. The van der Waals surface area contributed by atoms with Gasteiger partial charge in [-0.15, -0.1) is 0 Å². The standard InChI is InChI=1S/C19H25F3N2O/c1-2-10-24(15-6-8-23-9-7-15)18(25)17-12-16(17)13-4-3-5-14(11-13)19(20,21)22/h3-5,11,15-17,23H,2,6-10,12H2,1H3. The molecular formula is C19H25F3N2O. The number of carbonyl (C=O) groups excluding carboxylic acids is 1. The van der Waals surface area contributed by atoms with E-state index in [1.54, 1.807) is 6.07 Å². The Hall–Kier alpha value is -1.56. The average molecular weight is 354 g/mol. The second kappa shape index (κ2) is 7.36. The predicted molar refractivity (Wildman–Crippen MR) is 90.2 cm³/mol. The molecule has 1 amide bonds. The highest BCUT2D eigenvalue weighted by atomic mass is 19.4. The molecule has 2 fully saturated rings. The van der Waals surface area contributed by atoms with E-state index >= 15 is 0 Å². The molecule has 1 aliphatic carbocycles. The van der Waals surface area contributed by atoms with Crippen molar-refractivity contribution >= 4 is 5.91 Å². The van der Waals surface area contributed by atoms with Crippen LogP contribution in [0.4, 0.5) is 13.2 Å². The molecule has 6 heteroatoms. The van der Waals surface area contributed by atoms with Gasteiger partial charge >= 0.3 is 6.18 Å². The normalized spacial score (nSPS) is 24.2. The van der Waals surface area contributed by atoms with Gasteiger partial charge in [0.05, 0.1) is 5.56 Å². The summed E-state index contributed by atoms with van der Waals surface area (Å²) in [6, 6.07) is 5.70. The van der Waals surface area contributed by atoms with Crippen molar-refractivity contribution < 1.29 is 18.0 Å². The lowest BCUT2D eigenvalue weighted by Crippen LogP contribution is -2.47. The minimum absolute atomic E-state index is 0.0733. The number of rotatable bonds is 5. The molecule has 138 valence electrons. The van der Waals surface area contributed by atoms with Gasteiger partial charge in [-0.3, -0.25) is 4.79 Å². The van der Waals surface area contributed by atoms with E-state index in [1.807, 2.05) is 4.90 Å². The largest absolute Gasteiger partial charge is 0.416 e. The maximum atomic E-state index is 12.9. The maximum Gasteiger partial charge on any atom is 0.416 e. The van der Waals surface area contributed by atoms with Gasteiger partial charge in [-0.25, -0.2) is 0 Å². The first-order valence-electron chi connectivity index (χ1n) is 9.10. The van der Waals surface area contributed by atoms with Crippen molar-refractivity contribution in [2.24, 2.45) is 5.92 Å². The summed E-state index contributed by atoms with van der Waals surface area (Å²) in [4.78, 5) is 14.9. The van der Waals surface area contributed by atoms with Gasteiger partial charge in [-0.2, -0.15) is 13.2 Å². The van der Waals surface area contributed by atoms with Crippen LogP contribution in [0.25, 0.3) is 0 Å². The Balaban J connectivity index is 1.70. The summed E-state index contributed by atoms with van der Waals surface area (Å²) < 4.78 is 38.7. The molecule has 1 heterocycles. The van der Waals surface area contributed by atoms with Crippen molar-refractivity contribution in [3.63, 3.8) is 0 Å². The van der Waals surface area contributed by atoms with Crippen LogP contribution in [0.3, 0.4) is 0 Å². The number of halogens is 3. The van der Waals surface area contributed by atoms with E-state index in [0.717, 1.165) is 45.0 Å². The third kappa shape index (κ3) is 4.17. The summed E-state index contributed by atoms with van der Waals surface area (Å²) in [5, 5.41) is 3.31. The molecule has 3 rings (SSSR count). The third-order valence-corrected chi connectivity index (χ3v) is 5.25. The maximum absolute atomic E-state index is 12.9. The van der Waals surface area contributed by atoms with Gasteiger partial charge < -0.3 is 10.2 Å². The number of hydrogen-bond acceptors (Lipinski definition) is 2. The molecule has 2 atom stereocenters.